The second-order valence-electron chi connectivity index (χ2n) is 4.35. The Bertz CT molecular complexity index is 809. The third kappa shape index (κ3) is 2.18. The Morgan fingerprint density at radius 2 is 2.15 bits per heavy atom. The lowest BCUT2D eigenvalue weighted by molar-refractivity contribution is 0.101. The first kappa shape index (κ1) is 12.8. The number of ketones is 1. The summed E-state index contributed by atoms with van der Waals surface area (Å²) in [5.41, 5.74) is 8.30. The predicted molar refractivity (Wildman–Crippen MR) is 79.4 cm³/mol. The summed E-state index contributed by atoms with van der Waals surface area (Å²) < 4.78 is 6.46. The number of nitrogens with zero attached hydrogens (tertiary/aromatic N) is 2. The van der Waals surface area contributed by atoms with Gasteiger partial charge in [-0.2, -0.15) is 0 Å². The van der Waals surface area contributed by atoms with Crippen molar-refractivity contribution in [1.29, 1.82) is 0 Å². The molecule has 0 bridgehead atoms. The van der Waals surface area contributed by atoms with E-state index in [2.05, 4.69) is 25.9 Å². The van der Waals surface area contributed by atoms with Crippen LogP contribution in [0.15, 0.2) is 39.4 Å². The SMILES string of the molecule is CC(=O)c1cc(Br)cc2nc(-c3ccc(N)cn3)oc12. The van der Waals surface area contributed by atoms with E-state index in [1.165, 1.54) is 13.1 Å². The van der Waals surface area contributed by atoms with Crippen LogP contribution in [-0.2, 0) is 0 Å². The number of carbonyl (C=O) groups excluding carboxylic acids is 1. The van der Waals surface area contributed by atoms with Crippen molar-refractivity contribution in [2.45, 2.75) is 6.92 Å². The van der Waals surface area contributed by atoms with Gasteiger partial charge >= 0.3 is 0 Å². The van der Waals surface area contributed by atoms with Crippen LogP contribution in [0.3, 0.4) is 0 Å². The summed E-state index contributed by atoms with van der Waals surface area (Å²) in [6, 6.07) is 6.96. The van der Waals surface area contributed by atoms with Gasteiger partial charge in [0.2, 0.25) is 5.89 Å². The van der Waals surface area contributed by atoms with E-state index in [1.807, 2.05) is 0 Å². The lowest BCUT2D eigenvalue weighted by Crippen LogP contribution is -1.92. The topological polar surface area (TPSA) is 82.0 Å². The molecule has 1 aromatic carbocycles. The number of anilines is 1. The summed E-state index contributed by atoms with van der Waals surface area (Å²) in [6.45, 7) is 1.49. The second-order valence-corrected chi connectivity index (χ2v) is 5.27. The molecule has 100 valence electrons. The lowest BCUT2D eigenvalue weighted by atomic mass is 10.1. The van der Waals surface area contributed by atoms with Crippen molar-refractivity contribution in [1.82, 2.24) is 9.97 Å². The zero-order chi connectivity index (χ0) is 14.3. The van der Waals surface area contributed by atoms with Gasteiger partial charge in [-0.25, -0.2) is 9.97 Å². The Hall–Kier alpha value is -2.21. The van der Waals surface area contributed by atoms with E-state index in [9.17, 15) is 4.79 Å². The molecule has 0 saturated carbocycles. The number of nitrogens with two attached hydrogens (primary N) is 1. The van der Waals surface area contributed by atoms with E-state index in [-0.39, 0.29) is 5.78 Å². The summed E-state index contributed by atoms with van der Waals surface area (Å²) in [5.74, 6) is 0.282. The van der Waals surface area contributed by atoms with Gasteiger partial charge in [-0.05, 0) is 31.2 Å². The fraction of sp³-hybridized carbons (Fsp3) is 0.0714. The smallest absolute Gasteiger partial charge is 0.246 e. The van der Waals surface area contributed by atoms with Crippen molar-refractivity contribution in [3.05, 3.63) is 40.5 Å². The maximum absolute atomic E-state index is 11.7. The van der Waals surface area contributed by atoms with Crippen LogP contribution in [0.2, 0.25) is 0 Å². The number of hydrogen-bond donors (Lipinski definition) is 1. The Morgan fingerprint density at radius 1 is 1.35 bits per heavy atom. The van der Waals surface area contributed by atoms with Gasteiger partial charge in [0.05, 0.1) is 17.4 Å². The van der Waals surface area contributed by atoms with E-state index in [0.29, 0.717) is 33.9 Å². The van der Waals surface area contributed by atoms with Crippen molar-refractivity contribution in [3.8, 4) is 11.6 Å². The molecule has 20 heavy (non-hydrogen) atoms. The summed E-state index contributed by atoms with van der Waals surface area (Å²) in [6.07, 6.45) is 1.53. The number of benzene rings is 1. The number of fused-ring (bicyclic) bond motifs is 1. The first-order valence-electron chi connectivity index (χ1n) is 5.87. The van der Waals surface area contributed by atoms with Gasteiger partial charge in [0, 0.05) is 4.47 Å². The first-order chi connectivity index (χ1) is 9.54. The van der Waals surface area contributed by atoms with Gasteiger partial charge in [-0.15, -0.1) is 0 Å². The molecule has 0 aliphatic heterocycles. The molecule has 6 heteroatoms. The average molecular weight is 332 g/mol. The molecule has 0 atom stereocenters. The molecular formula is C14H10BrN3O2. The first-order valence-corrected chi connectivity index (χ1v) is 6.67. The molecule has 3 aromatic rings. The molecule has 2 N–H and O–H groups in total. The molecule has 0 fully saturated rings. The van der Waals surface area contributed by atoms with Gasteiger partial charge in [-0.3, -0.25) is 4.79 Å². The molecule has 2 aromatic heterocycles. The number of pyridine rings is 1. The quantitative estimate of drug-likeness (QED) is 0.727. The van der Waals surface area contributed by atoms with E-state index in [4.69, 9.17) is 10.2 Å². The van der Waals surface area contributed by atoms with Gasteiger partial charge < -0.3 is 10.2 Å². The molecule has 0 aliphatic rings. The highest BCUT2D eigenvalue weighted by atomic mass is 79.9. The van der Waals surface area contributed by atoms with Gasteiger partial charge in [-0.1, -0.05) is 15.9 Å². The summed E-state index contributed by atoms with van der Waals surface area (Å²) in [5, 5.41) is 0. The molecule has 0 spiro atoms. The van der Waals surface area contributed by atoms with E-state index >= 15 is 0 Å². The van der Waals surface area contributed by atoms with Crippen LogP contribution < -0.4 is 5.73 Å². The number of aromatic nitrogens is 2. The van der Waals surface area contributed by atoms with E-state index < -0.39 is 0 Å². The van der Waals surface area contributed by atoms with Crippen molar-refractivity contribution in [2.24, 2.45) is 0 Å². The zero-order valence-corrected chi connectivity index (χ0v) is 12.1. The maximum atomic E-state index is 11.7. The van der Waals surface area contributed by atoms with Crippen molar-refractivity contribution < 1.29 is 9.21 Å². The molecule has 2 heterocycles. The number of nitrogen functional groups attached to an aromatic ring is 1. The van der Waals surface area contributed by atoms with Crippen molar-refractivity contribution in [2.75, 3.05) is 5.73 Å². The summed E-state index contributed by atoms with van der Waals surface area (Å²) in [7, 11) is 0. The summed E-state index contributed by atoms with van der Waals surface area (Å²) >= 11 is 3.36. The minimum absolute atomic E-state index is 0.0794. The number of Topliss-reactive ketones (excluding diaryl/α,β-unsaturated/α-hetero) is 1. The number of carbonyl (C=O) groups is 1. The Balaban J connectivity index is 2.22. The van der Waals surface area contributed by atoms with Crippen molar-refractivity contribution in [3.63, 3.8) is 0 Å². The Kier molecular flexibility index (Phi) is 3.02. The molecule has 3 rings (SSSR count). The van der Waals surface area contributed by atoms with Crippen LogP contribution in [0, 0.1) is 0 Å². The van der Waals surface area contributed by atoms with E-state index in [1.54, 1.807) is 24.3 Å². The van der Waals surface area contributed by atoms with Crippen LogP contribution in [0.4, 0.5) is 5.69 Å². The van der Waals surface area contributed by atoms with E-state index in [0.717, 1.165) is 4.47 Å². The highest BCUT2D eigenvalue weighted by Gasteiger charge is 2.16. The Labute approximate surface area is 123 Å². The van der Waals surface area contributed by atoms with Crippen molar-refractivity contribution >= 4 is 38.5 Å². The number of hydrogen-bond acceptors (Lipinski definition) is 5. The second kappa shape index (κ2) is 4.72. The number of rotatable bonds is 2. The average Bonchev–Trinajstić information content (AvgIpc) is 2.81. The molecular weight excluding hydrogens is 322 g/mol. The molecule has 5 nitrogen and oxygen atoms in total. The molecule has 0 saturated heterocycles. The predicted octanol–water partition coefficient (Wildman–Crippen LogP) is 3.44. The molecule has 0 aliphatic carbocycles. The minimum Gasteiger partial charge on any atom is -0.434 e. The molecule has 0 radical (unpaired) electrons. The van der Waals surface area contributed by atoms with Gasteiger partial charge in [0.25, 0.3) is 0 Å². The standard InChI is InChI=1S/C14H10BrN3O2/c1-7(19)10-4-8(15)5-12-13(10)20-14(18-12)11-3-2-9(16)6-17-11/h2-6H,16H2,1H3. The normalized spacial score (nSPS) is 10.9. The highest BCUT2D eigenvalue weighted by molar-refractivity contribution is 9.10. The largest absolute Gasteiger partial charge is 0.434 e. The fourth-order valence-corrected chi connectivity index (χ4v) is 2.35. The maximum Gasteiger partial charge on any atom is 0.246 e. The van der Waals surface area contributed by atoms with Gasteiger partial charge in [0.15, 0.2) is 11.4 Å². The Morgan fingerprint density at radius 3 is 2.80 bits per heavy atom. The van der Waals surface area contributed by atoms with Crippen LogP contribution in [0.1, 0.15) is 17.3 Å². The highest BCUT2D eigenvalue weighted by Crippen LogP contribution is 2.29. The lowest BCUT2D eigenvalue weighted by Gasteiger charge is -1.97. The van der Waals surface area contributed by atoms with Crippen LogP contribution in [-0.4, -0.2) is 15.8 Å². The number of oxazole rings is 1. The number of halogens is 1. The molecule has 0 amide bonds. The van der Waals surface area contributed by atoms with Gasteiger partial charge in [0.1, 0.15) is 11.2 Å². The zero-order valence-electron chi connectivity index (χ0n) is 10.6. The monoisotopic (exact) mass is 331 g/mol. The fourth-order valence-electron chi connectivity index (χ4n) is 1.90. The third-order valence-corrected chi connectivity index (χ3v) is 3.30. The minimum atomic E-state index is -0.0794. The van der Waals surface area contributed by atoms with Crippen LogP contribution in [0.5, 0.6) is 0 Å². The summed E-state index contributed by atoms with van der Waals surface area (Å²) in [4.78, 5) is 20.2. The third-order valence-electron chi connectivity index (χ3n) is 2.84. The van der Waals surface area contributed by atoms with Crippen LogP contribution in [0.25, 0.3) is 22.7 Å². The van der Waals surface area contributed by atoms with Crippen LogP contribution >= 0.6 is 15.9 Å². The molecule has 0 unspecified atom stereocenters.